The third-order valence-electron chi connectivity index (χ3n) is 8.05. The second-order valence-corrected chi connectivity index (χ2v) is 12.2. The summed E-state index contributed by atoms with van der Waals surface area (Å²) in [6.07, 6.45) is -7.39. The van der Waals surface area contributed by atoms with E-state index in [0.717, 1.165) is 23.7 Å². The van der Waals surface area contributed by atoms with Crippen LogP contribution in [-0.2, 0) is 18.9 Å². The number of nitrogens with two attached hydrogens (primary N) is 1. The third-order valence-corrected chi connectivity index (χ3v) is 9.15. The van der Waals surface area contributed by atoms with E-state index >= 15 is 0 Å². The Morgan fingerprint density at radius 3 is 2.36 bits per heavy atom. The molecule has 0 radical (unpaired) electrons. The molecule has 0 aliphatic rings. The maximum atomic E-state index is 14.4. The Bertz CT molecular complexity index is 2510. The maximum Gasteiger partial charge on any atom is 0.433 e. The number of anilines is 1. The first-order valence-corrected chi connectivity index (χ1v) is 15.6. The fourth-order valence-electron chi connectivity index (χ4n) is 5.79. The number of amides is 2. The number of halogens is 6. The zero-order valence-corrected chi connectivity index (χ0v) is 26.6. The van der Waals surface area contributed by atoms with Gasteiger partial charge in [0.2, 0.25) is 0 Å². The molecule has 0 saturated carbocycles. The number of carbonyl (C=O) groups is 2. The highest BCUT2D eigenvalue weighted by Gasteiger charge is 2.38. The number of nitrogens with zero attached hydrogens (tertiary/aromatic N) is 6. The number of alkyl halides is 6. The number of aromatic nitrogens is 6. The molecule has 0 bridgehead atoms. The van der Waals surface area contributed by atoms with Gasteiger partial charge in [-0.15, -0.1) is 11.3 Å². The summed E-state index contributed by atoms with van der Waals surface area (Å²) in [7, 11) is 0. The zero-order valence-electron chi connectivity index (χ0n) is 25.8. The molecule has 0 aliphatic heterocycles. The average molecular weight is 709 g/mol. The van der Waals surface area contributed by atoms with Gasteiger partial charge in [-0.05, 0) is 42.3 Å². The van der Waals surface area contributed by atoms with Crippen molar-refractivity contribution < 1.29 is 35.9 Å². The standard InChI is InChI=1S/C33H22F6N8O2S/c1-3-46-14-21(15(2)45-46)19-11-23(32(34,35)36)43-31-25(19)26(27(50-31)28(40)48)44-30(49)20-13-41-47-24(33(37,38)39)12-22(42-29(20)47)18-10-6-8-16-7-4-5-9-17(16)18/h4-14H,3H2,1-2H3,(H2,40,48)(H,44,49). The predicted octanol–water partition coefficient (Wildman–Crippen LogP) is 7.74. The second-order valence-electron chi connectivity index (χ2n) is 11.2. The molecule has 0 spiro atoms. The number of benzene rings is 2. The van der Waals surface area contributed by atoms with E-state index in [1.54, 1.807) is 56.3 Å². The molecule has 2 amide bonds. The Kier molecular flexibility index (Phi) is 7.62. The summed E-state index contributed by atoms with van der Waals surface area (Å²) in [5, 5.41) is 12.0. The molecule has 0 fully saturated rings. The molecule has 10 nitrogen and oxygen atoms in total. The van der Waals surface area contributed by atoms with Gasteiger partial charge in [0.05, 0.1) is 23.3 Å². The lowest BCUT2D eigenvalue weighted by Crippen LogP contribution is -2.18. The lowest BCUT2D eigenvalue weighted by molar-refractivity contribution is -0.143. The summed E-state index contributed by atoms with van der Waals surface area (Å²) in [5.74, 6) is -2.14. The van der Waals surface area contributed by atoms with E-state index in [1.165, 1.54) is 10.9 Å². The summed E-state index contributed by atoms with van der Waals surface area (Å²) in [4.78, 5) is 34.2. The first-order chi connectivity index (χ1) is 23.7. The van der Waals surface area contributed by atoms with Crippen molar-refractivity contribution in [1.82, 2.24) is 29.4 Å². The van der Waals surface area contributed by atoms with Gasteiger partial charge in [-0.2, -0.15) is 36.5 Å². The van der Waals surface area contributed by atoms with Gasteiger partial charge in [0, 0.05) is 29.3 Å². The minimum Gasteiger partial charge on any atom is -0.365 e. The average Bonchev–Trinajstić information content (AvgIpc) is 3.77. The van der Waals surface area contributed by atoms with Gasteiger partial charge in [-0.25, -0.2) is 14.5 Å². The van der Waals surface area contributed by atoms with Gasteiger partial charge in [0.1, 0.15) is 21.0 Å². The monoisotopic (exact) mass is 708 g/mol. The van der Waals surface area contributed by atoms with Gasteiger partial charge in [0.25, 0.3) is 11.8 Å². The molecule has 17 heteroatoms. The van der Waals surface area contributed by atoms with Crippen LogP contribution in [0.1, 0.15) is 44.0 Å². The Labute approximate surface area is 281 Å². The molecule has 3 N–H and O–H groups in total. The number of nitrogens with one attached hydrogen (secondary N) is 1. The normalized spacial score (nSPS) is 12.3. The van der Waals surface area contributed by atoms with Gasteiger partial charge in [-0.1, -0.05) is 42.5 Å². The number of fused-ring (bicyclic) bond motifs is 3. The van der Waals surface area contributed by atoms with Crippen molar-refractivity contribution in [2.24, 2.45) is 5.73 Å². The van der Waals surface area contributed by atoms with E-state index in [0.29, 0.717) is 39.0 Å². The summed E-state index contributed by atoms with van der Waals surface area (Å²) in [6, 6.07) is 13.7. The molecule has 254 valence electrons. The van der Waals surface area contributed by atoms with Crippen molar-refractivity contribution >= 4 is 55.5 Å². The van der Waals surface area contributed by atoms with Crippen LogP contribution < -0.4 is 11.1 Å². The molecule has 0 aliphatic carbocycles. The van der Waals surface area contributed by atoms with Crippen LogP contribution in [0.4, 0.5) is 32.0 Å². The molecule has 7 aromatic rings. The second kappa shape index (κ2) is 11.6. The molecule has 7 rings (SSSR count). The van der Waals surface area contributed by atoms with E-state index in [1.807, 2.05) is 0 Å². The third kappa shape index (κ3) is 5.48. The summed E-state index contributed by atoms with van der Waals surface area (Å²) < 4.78 is 87.3. The SMILES string of the molecule is CCn1cc(-c2cc(C(F)(F)F)nc3sc(C(N)=O)c(NC(=O)c4cnn5c(C(F)(F)F)cc(-c6cccc7ccccc67)nc45)c23)c(C)n1. The summed E-state index contributed by atoms with van der Waals surface area (Å²) in [6.45, 7) is 3.75. The van der Waals surface area contributed by atoms with E-state index < -0.39 is 46.8 Å². The first-order valence-electron chi connectivity index (χ1n) is 14.8. The van der Waals surface area contributed by atoms with E-state index in [-0.39, 0.29) is 37.6 Å². The van der Waals surface area contributed by atoms with Crippen LogP contribution in [0.25, 0.3) is 49.0 Å². The van der Waals surface area contributed by atoms with E-state index in [4.69, 9.17) is 5.73 Å². The van der Waals surface area contributed by atoms with Crippen molar-refractivity contribution in [3.05, 3.63) is 94.5 Å². The number of thiophene rings is 1. The Morgan fingerprint density at radius 1 is 0.940 bits per heavy atom. The summed E-state index contributed by atoms with van der Waals surface area (Å²) in [5.41, 5.74) is 2.85. The number of primary amides is 1. The highest BCUT2D eigenvalue weighted by molar-refractivity contribution is 7.21. The number of aryl methyl sites for hydroxylation is 2. The van der Waals surface area contributed by atoms with Crippen LogP contribution in [0.2, 0.25) is 0 Å². The minimum atomic E-state index is -4.92. The van der Waals surface area contributed by atoms with E-state index in [2.05, 4.69) is 25.5 Å². The molecule has 5 aromatic heterocycles. The molecular formula is C33H22F6N8O2S. The Morgan fingerprint density at radius 2 is 1.68 bits per heavy atom. The minimum absolute atomic E-state index is 0.0410. The lowest BCUT2D eigenvalue weighted by atomic mass is 10.0. The van der Waals surface area contributed by atoms with Crippen molar-refractivity contribution in [1.29, 1.82) is 0 Å². The van der Waals surface area contributed by atoms with Crippen molar-refractivity contribution in [2.45, 2.75) is 32.7 Å². The van der Waals surface area contributed by atoms with Crippen LogP contribution >= 0.6 is 11.3 Å². The number of hydrogen-bond donors (Lipinski definition) is 2. The smallest absolute Gasteiger partial charge is 0.365 e. The molecule has 2 aromatic carbocycles. The van der Waals surface area contributed by atoms with Crippen LogP contribution in [0.15, 0.2) is 67.0 Å². The molecule has 50 heavy (non-hydrogen) atoms. The van der Waals surface area contributed by atoms with Crippen LogP contribution in [0.5, 0.6) is 0 Å². The molecule has 0 unspecified atom stereocenters. The lowest BCUT2D eigenvalue weighted by Gasteiger charge is -2.13. The summed E-state index contributed by atoms with van der Waals surface area (Å²) >= 11 is 0.526. The maximum absolute atomic E-state index is 14.4. The highest BCUT2D eigenvalue weighted by atomic mass is 32.1. The molecule has 0 atom stereocenters. The fraction of sp³-hybridized carbons (Fsp3) is 0.152. The van der Waals surface area contributed by atoms with Gasteiger partial charge < -0.3 is 11.1 Å². The Hall–Kier alpha value is -5.84. The Balaban J connectivity index is 1.43. The molecular weight excluding hydrogens is 686 g/mol. The van der Waals surface area contributed by atoms with Crippen LogP contribution in [0, 0.1) is 6.92 Å². The van der Waals surface area contributed by atoms with Gasteiger partial charge >= 0.3 is 12.4 Å². The van der Waals surface area contributed by atoms with Crippen molar-refractivity contribution in [3.8, 4) is 22.4 Å². The number of pyridine rings is 1. The molecule has 5 heterocycles. The number of carbonyl (C=O) groups excluding carboxylic acids is 2. The molecule has 0 saturated heterocycles. The zero-order chi connectivity index (χ0) is 35.7. The predicted molar refractivity (Wildman–Crippen MR) is 174 cm³/mol. The van der Waals surface area contributed by atoms with Crippen molar-refractivity contribution in [3.63, 3.8) is 0 Å². The topological polar surface area (TPSA) is 133 Å². The number of rotatable bonds is 6. The van der Waals surface area contributed by atoms with Crippen LogP contribution in [-0.4, -0.2) is 41.2 Å². The largest absolute Gasteiger partial charge is 0.433 e. The van der Waals surface area contributed by atoms with Gasteiger partial charge in [-0.3, -0.25) is 14.3 Å². The first kappa shape index (κ1) is 32.7. The van der Waals surface area contributed by atoms with Gasteiger partial charge in [0.15, 0.2) is 11.3 Å². The van der Waals surface area contributed by atoms with E-state index in [9.17, 15) is 35.9 Å². The quantitative estimate of drug-likeness (QED) is 0.170. The fourth-order valence-corrected chi connectivity index (χ4v) is 6.79. The van der Waals surface area contributed by atoms with Crippen molar-refractivity contribution in [2.75, 3.05) is 5.32 Å². The van der Waals surface area contributed by atoms with Crippen LogP contribution in [0.3, 0.4) is 0 Å². The number of hydrogen-bond acceptors (Lipinski definition) is 7. The highest BCUT2D eigenvalue weighted by Crippen LogP contribution is 2.44.